The van der Waals surface area contributed by atoms with Crippen molar-refractivity contribution in [2.24, 2.45) is 5.73 Å². The summed E-state index contributed by atoms with van der Waals surface area (Å²) in [6, 6.07) is 0.566. The van der Waals surface area contributed by atoms with Crippen molar-refractivity contribution >= 4 is 34.7 Å². The average molecular weight is 265 g/mol. The van der Waals surface area contributed by atoms with E-state index in [4.69, 9.17) is 5.73 Å². The van der Waals surface area contributed by atoms with E-state index in [2.05, 4.69) is 4.90 Å². The van der Waals surface area contributed by atoms with E-state index in [-0.39, 0.29) is 36.6 Å². The Morgan fingerprint density at radius 2 is 1.93 bits per heavy atom. The van der Waals surface area contributed by atoms with Gasteiger partial charge < -0.3 is 5.73 Å². The lowest BCUT2D eigenvalue weighted by atomic mass is 10.00. The number of halogens is 2. The zero-order chi connectivity index (χ0) is 9.35. The molecule has 0 amide bonds. The highest BCUT2D eigenvalue weighted by Crippen LogP contribution is 2.14. The van der Waals surface area contributed by atoms with E-state index in [0.29, 0.717) is 12.6 Å². The Morgan fingerprint density at radius 1 is 1.43 bits per heavy atom. The number of rotatable bonds is 3. The predicted molar refractivity (Wildman–Crippen MR) is 63.2 cm³/mol. The van der Waals surface area contributed by atoms with Crippen LogP contribution in [-0.4, -0.2) is 50.5 Å². The molecule has 14 heavy (non-hydrogen) atoms. The molecular formula is C7H18Cl2N2O2S. The molecule has 0 aromatic heterocycles. The molecule has 1 aliphatic heterocycles. The molecular weight excluding hydrogens is 247 g/mol. The van der Waals surface area contributed by atoms with Crippen LogP contribution in [-0.2, 0) is 9.84 Å². The second-order valence-electron chi connectivity index (χ2n) is 3.53. The molecule has 2 N–H and O–H groups in total. The minimum absolute atomic E-state index is 0. The Morgan fingerprint density at radius 3 is 2.21 bits per heavy atom. The lowest BCUT2D eigenvalue weighted by molar-refractivity contribution is 0.0838. The Balaban J connectivity index is 0. The van der Waals surface area contributed by atoms with Crippen molar-refractivity contribution in [3.63, 3.8) is 0 Å². The number of nitrogens with zero attached hydrogens (tertiary/aromatic N) is 1. The molecule has 1 saturated heterocycles. The number of sulfone groups is 1. The smallest absolute Gasteiger partial charge is 0.148 e. The number of hydrogen-bond donors (Lipinski definition) is 1. The number of likely N-dealkylation sites (tertiary alicyclic amines) is 1. The van der Waals surface area contributed by atoms with Gasteiger partial charge in [0.05, 0.1) is 5.75 Å². The Bertz CT molecular complexity index is 258. The van der Waals surface area contributed by atoms with E-state index in [0.717, 1.165) is 6.54 Å². The third kappa shape index (κ3) is 4.79. The first kappa shape index (κ1) is 16.9. The summed E-state index contributed by atoms with van der Waals surface area (Å²) >= 11 is 0. The van der Waals surface area contributed by atoms with Gasteiger partial charge in [-0.1, -0.05) is 0 Å². The second kappa shape index (κ2) is 6.12. The molecule has 2 atom stereocenters. The topological polar surface area (TPSA) is 63.4 Å². The predicted octanol–water partition coefficient (Wildman–Crippen LogP) is -0.0940. The van der Waals surface area contributed by atoms with Crippen LogP contribution in [0.5, 0.6) is 0 Å². The summed E-state index contributed by atoms with van der Waals surface area (Å²) in [5.41, 5.74) is 5.66. The van der Waals surface area contributed by atoms with E-state index >= 15 is 0 Å². The summed E-state index contributed by atoms with van der Waals surface area (Å²) < 4.78 is 21.6. The van der Waals surface area contributed by atoms with Gasteiger partial charge >= 0.3 is 0 Å². The minimum Gasteiger partial charge on any atom is -0.325 e. The molecule has 1 heterocycles. The second-order valence-corrected chi connectivity index (χ2v) is 5.79. The van der Waals surface area contributed by atoms with Crippen LogP contribution >= 0.6 is 24.8 Å². The molecule has 1 rings (SSSR count). The van der Waals surface area contributed by atoms with Crippen molar-refractivity contribution in [1.82, 2.24) is 4.90 Å². The van der Waals surface area contributed by atoms with Crippen LogP contribution in [0, 0.1) is 0 Å². The maximum Gasteiger partial charge on any atom is 0.148 e. The molecule has 0 bridgehead atoms. The monoisotopic (exact) mass is 264 g/mol. The van der Waals surface area contributed by atoms with Gasteiger partial charge in [0.25, 0.3) is 0 Å². The number of nitrogens with two attached hydrogens (primary N) is 1. The molecule has 4 nitrogen and oxygen atoms in total. The molecule has 0 saturated carbocycles. The molecule has 2 unspecified atom stereocenters. The van der Waals surface area contributed by atoms with Crippen LogP contribution in [0.3, 0.4) is 0 Å². The first-order valence-electron chi connectivity index (χ1n) is 4.07. The molecule has 0 aromatic rings. The summed E-state index contributed by atoms with van der Waals surface area (Å²) in [6.07, 6.45) is 1.26. The van der Waals surface area contributed by atoms with Crippen LogP contribution in [0.15, 0.2) is 0 Å². The molecule has 88 valence electrons. The largest absolute Gasteiger partial charge is 0.325 e. The molecule has 0 aliphatic carbocycles. The third-order valence-electron chi connectivity index (χ3n) is 2.39. The standard InChI is InChI=1S/C7H16N2O2S.2ClH/c1-6-7(8)5-9(6)3-4-12(2,10)11;;/h6-7H,3-5,8H2,1-2H3;2*1H. The summed E-state index contributed by atoms with van der Waals surface area (Å²) in [5.74, 6) is 0.240. The fraction of sp³-hybridized carbons (Fsp3) is 1.00. The minimum atomic E-state index is -2.82. The first-order valence-corrected chi connectivity index (χ1v) is 6.13. The van der Waals surface area contributed by atoms with Gasteiger partial charge in [0.15, 0.2) is 0 Å². The van der Waals surface area contributed by atoms with Gasteiger partial charge in [-0.2, -0.15) is 0 Å². The fourth-order valence-electron chi connectivity index (χ4n) is 1.30. The van der Waals surface area contributed by atoms with E-state index in [1.807, 2.05) is 6.92 Å². The van der Waals surface area contributed by atoms with E-state index < -0.39 is 9.84 Å². The fourth-order valence-corrected chi connectivity index (χ4v) is 1.87. The molecule has 0 aromatic carbocycles. The summed E-state index contributed by atoms with van der Waals surface area (Å²) in [4.78, 5) is 2.09. The van der Waals surface area contributed by atoms with Gasteiger partial charge in [0.2, 0.25) is 0 Å². The van der Waals surface area contributed by atoms with Crippen molar-refractivity contribution < 1.29 is 8.42 Å². The van der Waals surface area contributed by atoms with E-state index in [1.165, 1.54) is 6.26 Å². The molecule has 7 heteroatoms. The Hall–Kier alpha value is 0.450. The third-order valence-corrected chi connectivity index (χ3v) is 3.31. The maximum atomic E-state index is 10.8. The van der Waals surface area contributed by atoms with Crippen molar-refractivity contribution in [3.05, 3.63) is 0 Å². The van der Waals surface area contributed by atoms with Crippen molar-refractivity contribution in [2.45, 2.75) is 19.0 Å². The summed E-state index contributed by atoms with van der Waals surface area (Å²) in [5, 5.41) is 0. The van der Waals surface area contributed by atoms with Crippen molar-refractivity contribution in [3.8, 4) is 0 Å². The van der Waals surface area contributed by atoms with Gasteiger partial charge in [0.1, 0.15) is 9.84 Å². The molecule has 1 aliphatic rings. The Kier molecular flexibility index (Phi) is 7.38. The van der Waals surface area contributed by atoms with Gasteiger partial charge in [-0.25, -0.2) is 8.42 Å². The van der Waals surface area contributed by atoms with Crippen LogP contribution in [0.25, 0.3) is 0 Å². The lowest BCUT2D eigenvalue weighted by Gasteiger charge is -2.44. The van der Waals surface area contributed by atoms with Gasteiger partial charge in [-0.3, -0.25) is 4.90 Å². The number of hydrogen-bond acceptors (Lipinski definition) is 4. The summed E-state index contributed by atoms with van der Waals surface area (Å²) in [6.45, 7) is 3.47. The van der Waals surface area contributed by atoms with Crippen molar-refractivity contribution in [2.75, 3.05) is 25.1 Å². The van der Waals surface area contributed by atoms with Gasteiger partial charge in [-0.05, 0) is 6.92 Å². The van der Waals surface area contributed by atoms with Crippen LogP contribution in [0.2, 0.25) is 0 Å². The van der Waals surface area contributed by atoms with Gasteiger partial charge in [0, 0.05) is 31.4 Å². The normalized spacial score (nSPS) is 27.1. The zero-order valence-corrected chi connectivity index (χ0v) is 10.8. The van der Waals surface area contributed by atoms with Crippen LogP contribution in [0.4, 0.5) is 0 Å². The SMILES string of the molecule is CC1C(N)CN1CCS(C)(=O)=O.Cl.Cl. The zero-order valence-electron chi connectivity index (χ0n) is 8.34. The van der Waals surface area contributed by atoms with Crippen LogP contribution < -0.4 is 5.73 Å². The first-order chi connectivity index (χ1) is 5.40. The van der Waals surface area contributed by atoms with Gasteiger partial charge in [-0.15, -0.1) is 24.8 Å². The molecule has 1 fully saturated rings. The van der Waals surface area contributed by atoms with E-state index in [1.54, 1.807) is 0 Å². The highest BCUT2D eigenvalue weighted by molar-refractivity contribution is 7.90. The maximum absolute atomic E-state index is 10.8. The lowest BCUT2D eigenvalue weighted by Crippen LogP contribution is -2.63. The quantitative estimate of drug-likeness (QED) is 0.774. The van der Waals surface area contributed by atoms with Crippen LogP contribution in [0.1, 0.15) is 6.92 Å². The highest BCUT2D eigenvalue weighted by atomic mass is 35.5. The van der Waals surface area contributed by atoms with E-state index in [9.17, 15) is 8.42 Å². The summed E-state index contributed by atoms with van der Waals surface area (Å²) in [7, 11) is -2.82. The molecule has 0 radical (unpaired) electrons. The Labute approximate surface area is 98.0 Å². The van der Waals surface area contributed by atoms with Crippen molar-refractivity contribution in [1.29, 1.82) is 0 Å². The molecule has 0 spiro atoms. The highest BCUT2D eigenvalue weighted by Gasteiger charge is 2.32. The average Bonchev–Trinajstić information content (AvgIpc) is 1.95.